The molecule has 0 aliphatic carbocycles. The Bertz CT molecular complexity index is 1780. The van der Waals surface area contributed by atoms with Crippen LogP contribution in [0.15, 0.2) is 55.0 Å². The van der Waals surface area contributed by atoms with E-state index in [1.165, 1.54) is 20.5 Å². The van der Waals surface area contributed by atoms with Gasteiger partial charge in [-0.05, 0) is 30.7 Å². The molecule has 10 nitrogen and oxygen atoms in total. The number of ether oxygens (including phenoxy) is 4. The summed E-state index contributed by atoms with van der Waals surface area (Å²) in [5.74, 6) is 1.01. The molecule has 0 radical (unpaired) electrons. The number of aromatic amines is 1. The fraction of sp³-hybridized carbons (Fsp3) is 0.192. The van der Waals surface area contributed by atoms with Crippen molar-refractivity contribution in [2.24, 2.45) is 0 Å². The molecular formula is C26H20N2O8. The van der Waals surface area contributed by atoms with Gasteiger partial charge in [-0.3, -0.25) is 4.79 Å². The maximum Gasteiger partial charge on any atom is 0.344 e. The number of rotatable bonds is 4. The molecule has 4 heterocycles. The molecule has 2 aromatic carbocycles. The lowest BCUT2D eigenvalue weighted by atomic mass is 9.84. The van der Waals surface area contributed by atoms with E-state index < -0.39 is 17.1 Å². The van der Waals surface area contributed by atoms with Crippen LogP contribution in [-0.2, 0) is 0 Å². The SMILES string of the molecule is COc1ccc(C2c3c(nc(C)[nH]c3=O)Oc3c2c(=O)oc2c(OC)c4occc4c(OC)c32)cc1. The van der Waals surface area contributed by atoms with Crippen molar-refractivity contribution in [2.45, 2.75) is 12.8 Å². The van der Waals surface area contributed by atoms with E-state index in [9.17, 15) is 9.59 Å². The molecule has 0 spiro atoms. The van der Waals surface area contributed by atoms with Gasteiger partial charge in [-0.1, -0.05) is 12.1 Å². The lowest BCUT2D eigenvalue weighted by Crippen LogP contribution is -2.28. The van der Waals surface area contributed by atoms with Gasteiger partial charge in [0.25, 0.3) is 5.56 Å². The van der Waals surface area contributed by atoms with E-state index in [1.807, 2.05) is 0 Å². The van der Waals surface area contributed by atoms with Gasteiger partial charge in [0.2, 0.25) is 11.6 Å². The van der Waals surface area contributed by atoms with E-state index in [0.29, 0.717) is 39.2 Å². The monoisotopic (exact) mass is 488 g/mol. The Balaban J connectivity index is 1.78. The first kappa shape index (κ1) is 21.8. The molecule has 36 heavy (non-hydrogen) atoms. The molecule has 3 aromatic heterocycles. The number of aromatic nitrogens is 2. The maximum absolute atomic E-state index is 13.6. The number of aryl methyl sites for hydroxylation is 1. The van der Waals surface area contributed by atoms with Crippen molar-refractivity contribution < 1.29 is 27.8 Å². The molecule has 6 rings (SSSR count). The third kappa shape index (κ3) is 2.94. The van der Waals surface area contributed by atoms with Crippen LogP contribution in [0.25, 0.3) is 21.9 Å². The second-order valence-electron chi connectivity index (χ2n) is 8.24. The highest BCUT2D eigenvalue weighted by Gasteiger charge is 2.39. The molecule has 182 valence electrons. The van der Waals surface area contributed by atoms with Crippen molar-refractivity contribution in [2.75, 3.05) is 21.3 Å². The number of hydrogen-bond donors (Lipinski definition) is 1. The fourth-order valence-electron chi connectivity index (χ4n) is 4.82. The zero-order chi connectivity index (χ0) is 25.1. The summed E-state index contributed by atoms with van der Waals surface area (Å²) in [6.45, 7) is 1.65. The van der Waals surface area contributed by atoms with E-state index in [4.69, 9.17) is 27.8 Å². The summed E-state index contributed by atoms with van der Waals surface area (Å²) in [4.78, 5) is 33.9. The minimum absolute atomic E-state index is 0.0878. The molecule has 1 aliphatic heterocycles. The Hall–Kier alpha value is -4.73. The molecule has 5 aromatic rings. The van der Waals surface area contributed by atoms with Gasteiger partial charge < -0.3 is 32.8 Å². The molecule has 1 unspecified atom stereocenters. The van der Waals surface area contributed by atoms with E-state index in [1.54, 1.807) is 44.4 Å². The Morgan fingerprint density at radius 3 is 2.36 bits per heavy atom. The molecule has 0 saturated carbocycles. The highest BCUT2D eigenvalue weighted by atomic mass is 16.5. The van der Waals surface area contributed by atoms with E-state index in [0.717, 1.165) is 0 Å². The zero-order valence-corrected chi connectivity index (χ0v) is 19.8. The van der Waals surface area contributed by atoms with Gasteiger partial charge >= 0.3 is 5.63 Å². The van der Waals surface area contributed by atoms with Crippen LogP contribution in [0.4, 0.5) is 0 Å². The minimum atomic E-state index is -0.831. The van der Waals surface area contributed by atoms with Crippen LogP contribution in [0.2, 0.25) is 0 Å². The number of methoxy groups -OCH3 is 3. The van der Waals surface area contributed by atoms with Crippen LogP contribution in [0.3, 0.4) is 0 Å². The van der Waals surface area contributed by atoms with Crippen molar-refractivity contribution >= 4 is 21.9 Å². The van der Waals surface area contributed by atoms with Crippen LogP contribution in [-0.4, -0.2) is 31.3 Å². The summed E-state index contributed by atoms with van der Waals surface area (Å²) in [7, 11) is 4.50. The summed E-state index contributed by atoms with van der Waals surface area (Å²) < 4.78 is 34.2. The maximum atomic E-state index is 13.6. The summed E-state index contributed by atoms with van der Waals surface area (Å²) in [5, 5.41) is 0.963. The molecule has 0 fully saturated rings. The summed E-state index contributed by atoms with van der Waals surface area (Å²) >= 11 is 0. The Morgan fingerprint density at radius 1 is 0.917 bits per heavy atom. The molecule has 0 bridgehead atoms. The average Bonchev–Trinajstić information content (AvgIpc) is 3.35. The highest BCUT2D eigenvalue weighted by Crippen LogP contribution is 2.52. The van der Waals surface area contributed by atoms with E-state index >= 15 is 0 Å². The van der Waals surface area contributed by atoms with Crippen molar-refractivity contribution in [1.82, 2.24) is 9.97 Å². The number of benzene rings is 2. The van der Waals surface area contributed by atoms with Crippen molar-refractivity contribution in [1.29, 1.82) is 0 Å². The second kappa shape index (κ2) is 7.91. The topological polar surface area (TPSA) is 126 Å². The van der Waals surface area contributed by atoms with Gasteiger partial charge in [0.05, 0.1) is 50.0 Å². The van der Waals surface area contributed by atoms with E-state index in [2.05, 4.69) is 9.97 Å². The normalized spacial score (nSPS) is 14.3. The standard InChI is InChI=1S/C26H20N2O8/c1-11-27-24(29)17-15(12-5-7-13(31-2)8-6-12)16-21(35-25(17)28-11)18-19(32-3)14-9-10-34-20(14)23(33-4)22(18)36-26(16)30/h5-10,15H,1-4H3,(H,27,28,29). The first-order valence-corrected chi connectivity index (χ1v) is 11.0. The molecular weight excluding hydrogens is 468 g/mol. The molecule has 0 amide bonds. The molecule has 1 atom stereocenters. The van der Waals surface area contributed by atoms with Gasteiger partial charge in [-0.15, -0.1) is 0 Å². The van der Waals surface area contributed by atoms with Crippen LogP contribution in [0.1, 0.15) is 28.4 Å². The lowest BCUT2D eigenvalue weighted by Gasteiger charge is -2.27. The largest absolute Gasteiger partial charge is 0.497 e. The van der Waals surface area contributed by atoms with Crippen LogP contribution in [0.5, 0.6) is 28.9 Å². The zero-order valence-electron chi connectivity index (χ0n) is 19.8. The predicted octanol–water partition coefficient (Wildman–Crippen LogP) is 4.24. The molecule has 1 aliphatic rings. The quantitative estimate of drug-likeness (QED) is 0.363. The van der Waals surface area contributed by atoms with Crippen LogP contribution in [0, 0.1) is 6.92 Å². The summed E-state index contributed by atoms with van der Waals surface area (Å²) in [5.41, 5.74) is 0.324. The van der Waals surface area contributed by atoms with Crippen molar-refractivity contribution in [3.63, 3.8) is 0 Å². The first-order valence-electron chi connectivity index (χ1n) is 11.0. The number of fused-ring (bicyclic) bond motifs is 5. The number of H-pyrrole nitrogens is 1. The molecule has 0 saturated heterocycles. The fourth-order valence-corrected chi connectivity index (χ4v) is 4.82. The number of furan rings is 1. The van der Waals surface area contributed by atoms with Gasteiger partial charge in [0.15, 0.2) is 16.9 Å². The Morgan fingerprint density at radius 2 is 1.67 bits per heavy atom. The number of hydrogen-bond acceptors (Lipinski definition) is 9. The lowest BCUT2D eigenvalue weighted by molar-refractivity contribution is 0.387. The second-order valence-corrected chi connectivity index (χ2v) is 8.24. The van der Waals surface area contributed by atoms with Gasteiger partial charge in [-0.25, -0.2) is 4.79 Å². The Kier molecular flexibility index (Phi) is 4.78. The summed E-state index contributed by atoms with van der Waals surface area (Å²) in [6.07, 6.45) is 1.49. The Labute approximate surface area is 203 Å². The van der Waals surface area contributed by atoms with E-state index in [-0.39, 0.29) is 34.1 Å². The van der Waals surface area contributed by atoms with Crippen molar-refractivity contribution in [3.05, 3.63) is 79.9 Å². The highest BCUT2D eigenvalue weighted by molar-refractivity contribution is 6.09. The van der Waals surface area contributed by atoms with Gasteiger partial charge in [0.1, 0.15) is 22.7 Å². The van der Waals surface area contributed by atoms with Gasteiger partial charge in [-0.2, -0.15) is 4.98 Å². The molecule has 10 heteroatoms. The third-order valence-electron chi connectivity index (χ3n) is 6.33. The average molecular weight is 488 g/mol. The third-order valence-corrected chi connectivity index (χ3v) is 6.33. The van der Waals surface area contributed by atoms with Crippen LogP contribution < -0.4 is 30.1 Å². The molecule has 1 N–H and O–H groups in total. The summed E-state index contributed by atoms with van der Waals surface area (Å²) in [6, 6.07) is 8.78. The first-order chi connectivity index (χ1) is 17.5. The predicted molar refractivity (Wildman–Crippen MR) is 129 cm³/mol. The van der Waals surface area contributed by atoms with Gasteiger partial charge in [0, 0.05) is 0 Å². The van der Waals surface area contributed by atoms with Crippen molar-refractivity contribution in [3.8, 4) is 28.9 Å². The van der Waals surface area contributed by atoms with Crippen LogP contribution >= 0.6 is 0 Å². The minimum Gasteiger partial charge on any atom is -0.497 e. The smallest absolute Gasteiger partial charge is 0.344 e. The number of nitrogens with one attached hydrogen (secondary N) is 1. The number of nitrogens with zero attached hydrogens (tertiary/aromatic N) is 1.